The Morgan fingerprint density at radius 2 is 2.18 bits per heavy atom. The molecule has 1 aliphatic rings. The van der Waals surface area contributed by atoms with Gasteiger partial charge in [-0.25, -0.2) is 0 Å². The topological polar surface area (TPSA) is 47.7 Å². The van der Waals surface area contributed by atoms with Crippen molar-refractivity contribution in [1.82, 2.24) is 0 Å². The summed E-state index contributed by atoms with van der Waals surface area (Å²) in [6.07, 6.45) is 1.05. The molecule has 0 aromatic heterocycles. The van der Waals surface area contributed by atoms with Crippen molar-refractivity contribution in [2.24, 2.45) is 5.73 Å². The van der Waals surface area contributed by atoms with Crippen molar-refractivity contribution in [1.29, 1.82) is 0 Å². The Balaban J connectivity index is 1.97. The molecule has 0 saturated heterocycles. The quantitative estimate of drug-likeness (QED) is 0.782. The maximum atomic E-state index is 5.70. The summed E-state index contributed by atoms with van der Waals surface area (Å²) in [7, 11) is 0. The molecule has 4 nitrogen and oxygen atoms in total. The van der Waals surface area contributed by atoms with Gasteiger partial charge in [0.25, 0.3) is 0 Å². The molecule has 0 aliphatic carbocycles. The zero-order valence-electron chi connectivity index (χ0n) is 10.1. The largest absolute Gasteiger partial charge is 0.491 e. The summed E-state index contributed by atoms with van der Waals surface area (Å²) < 4.78 is 11.1. The number of hydrogen-bond donors (Lipinski definition) is 1. The smallest absolute Gasteiger partial charge is 0.142 e. The zero-order valence-corrected chi connectivity index (χ0v) is 10.1. The molecule has 1 heterocycles. The molecule has 0 amide bonds. The highest BCUT2D eigenvalue weighted by Gasteiger charge is 2.14. The average molecular weight is 236 g/mol. The maximum absolute atomic E-state index is 5.70. The Hall–Kier alpha value is -1.26. The number of para-hydroxylation sites is 2. The van der Waals surface area contributed by atoms with E-state index in [1.54, 1.807) is 0 Å². The number of ether oxygens (including phenoxy) is 2. The second-order valence-corrected chi connectivity index (χ2v) is 4.06. The molecule has 0 saturated carbocycles. The van der Waals surface area contributed by atoms with Gasteiger partial charge in [0.2, 0.25) is 0 Å². The van der Waals surface area contributed by atoms with Crippen LogP contribution in [0.3, 0.4) is 0 Å². The number of benzene rings is 1. The van der Waals surface area contributed by atoms with Gasteiger partial charge in [0.15, 0.2) is 0 Å². The minimum atomic E-state index is 0.583. The van der Waals surface area contributed by atoms with E-state index in [0.29, 0.717) is 19.8 Å². The summed E-state index contributed by atoms with van der Waals surface area (Å²) in [5, 5.41) is 0. The number of nitrogens with zero attached hydrogens (tertiary/aromatic N) is 1. The summed E-state index contributed by atoms with van der Waals surface area (Å²) in [4.78, 5) is 2.32. The molecule has 0 unspecified atom stereocenters. The molecule has 1 aromatic rings. The van der Waals surface area contributed by atoms with Gasteiger partial charge in [-0.1, -0.05) is 12.1 Å². The lowest BCUT2D eigenvalue weighted by Gasteiger charge is -2.23. The molecule has 4 heteroatoms. The first-order valence-electron chi connectivity index (χ1n) is 6.16. The Labute approximate surface area is 102 Å². The fraction of sp³-hybridized carbons (Fsp3) is 0.538. The van der Waals surface area contributed by atoms with Crippen molar-refractivity contribution >= 4 is 5.69 Å². The highest BCUT2D eigenvalue weighted by atomic mass is 16.5. The van der Waals surface area contributed by atoms with Gasteiger partial charge in [0.05, 0.1) is 25.5 Å². The van der Waals surface area contributed by atoms with Crippen LogP contribution >= 0.6 is 0 Å². The van der Waals surface area contributed by atoms with E-state index in [0.717, 1.165) is 31.9 Å². The first-order chi connectivity index (χ1) is 8.42. The average Bonchev–Trinajstić information content (AvgIpc) is 2.57. The van der Waals surface area contributed by atoms with Gasteiger partial charge in [-0.05, 0) is 18.6 Å². The first kappa shape index (κ1) is 12.2. The van der Waals surface area contributed by atoms with Crippen LogP contribution in [0.2, 0.25) is 0 Å². The lowest BCUT2D eigenvalue weighted by molar-refractivity contribution is 0.147. The molecule has 17 heavy (non-hydrogen) atoms. The SMILES string of the molecule is NCCOCCN1CCCOc2ccccc21. The van der Waals surface area contributed by atoms with Crippen molar-refractivity contribution in [3.05, 3.63) is 24.3 Å². The molecule has 0 bridgehead atoms. The third-order valence-electron chi connectivity index (χ3n) is 2.80. The van der Waals surface area contributed by atoms with Gasteiger partial charge in [-0.3, -0.25) is 0 Å². The van der Waals surface area contributed by atoms with Gasteiger partial charge in [0.1, 0.15) is 5.75 Å². The number of hydrogen-bond acceptors (Lipinski definition) is 4. The van der Waals surface area contributed by atoms with E-state index in [-0.39, 0.29) is 0 Å². The fourth-order valence-electron chi connectivity index (χ4n) is 1.99. The van der Waals surface area contributed by atoms with Crippen molar-refractivity contribution in [3.63, 3.8) is 0 Å². The van der Waals surface area contributed by atoms with Crippen LogP contribution in [-0.4, -0.2) is 39.5 Å². The number of nitrogens with two attached hydrogens (primary N) is 1. The highest BCUT2D eigenvalue weighted by Crippen LogP contribution is 2.29. The summed E-state index contributed by atoms with van der Waals surface area (Å²) in [5.41, 5.74) is 6.56. The van der Waals surface area contributed by atoms with Crippen LogP contribution in [-0.2, 0) is 4.74 Å². The van der Waals surface area contributed by atoms with E-state index < -0.39 is 0 Å². The van der Waals surface area contributed by atoms with Gasteiger partial charge in [-0.15, -0.1) is 0 Å². The minimum absolute atomic E-state index is 0.583. The zero-order chi connectivity index (χ0) is 11.9. The van der Waals surface area contributed by atoms with Crippen LogP contribution in [0.25, 0.3) is 0 Å². The molecule has 1 aromatic carbocycles. The molecule has 0 radical (unpaired) electrons. The second-order valence-electron chi connectivity index (χ2n) is 4.06. The van der Waals surface area contributed by atoms with Gasteiger partial charge < -0.3 is 20.1 Å². The molecule has 0 atom stereocenters. The van der Waals surface area contributed by atoms with Crippen molar-refractivity contribution in [2.45, 2.75) is 6.42 Å². The van der Waals surface area contributed by atoms with Crippen LogP contribution in [0.15, 0.2) is 24.3 Å². The molecule has 2 rings (SSSR count). The van der Waals surface area contributed by atoms with E-state index in [2.05, 4.69) is 11.0 Å². The Bertz CT molecular complexity index is 344. The number of fused-ring (bicyclic) bond motifs is 1. The number of anilines is 1. The van der Waals surface area contributed by atoms with Crippen LogP contribution in [0, 0.1) is 0 Å². The van der Waals surface area contributed by atoms with E-state index in [9.17, 15) is 0 Å². The Kier molecular flexibility index (Phi) is 4.64. The van der Waals surface area contributed by atoms with Crippen molar-refractivity contribution < 1.29 is 9.47 Å². The van der Waals surface area contributed by atoms with Gasteiger partial charge in [-0.2, -0.15) is 0 Å². The van der Waals surface area contributed by atoms with Crippen LogP contribution < -0.4 is 15.4 Å². The molecule has 1 aliphatic heterocycles. The predicted octanol–water partition coefficient (Wildman–Crippen LogP) is 1.25. The fourth-order valence-corrected chi connectivity index (χ4v) is 1.99. The van der Waals surface area contributed by atoms with Crippen molar-refractivity contribution in [3.8, 4) is 5.75 Å². The van der Waals surface area contributed by atoms with Crippen LogP contribution in [0.5, 0.6) is 5.75 Å². The lowest BCUT2D eigenvalue weighted by Crippen LogP contribution is -2.28. The number of rotatable bonds is 5. The van der Waals surface area contributed by atoms with E-state index in [4.69, 9.17) is 15.2 Å². The van der Waals surface area contributed by atoms with Crippen molar-refractivity contribution in [2.75, 3.05) is 44.4 Å². The minimum Gasteiger partial charge on any atom is -0.491 e. The molecule has 0 fully saturated rings. The van der Waals surface area contributed by atoms with Gasteiger partial charge in [0, 0.05) is 19.6 Å². The normalized spacial score (nSPS) is 15.0. The molecular formula is C13H20N2O2. The first-order valence-corrected chi connectivity index (χ1v) is 6.16. The molecule has 2 N–H and O–H groups in total. The summed E-state index contributed by atoms with van der Waals surface area (Å²) >= 11 is 0. The molecular weight excluding hydrogens is 216 g/mol. The summed E-state index contributed by atoms with van der Waals surface area (Å²) in [6, 6.07) is 8.17. The van der Waals surface area contributed by atoms with E-state index in [1.165, 1.54) is 5.69 Å². The third-order valence-corrected chi connectivity index (χ3v) is 2.80. The van der Waals surface area contributed by atoms with Crippen LogP contribution in [0.4, 0.5) is 5.69 Å². The lowest BCUT2D eigenvalue weighted by atomic mass is 10.2. The van der Waals surface area contributed by atoms with E-state index in [1.807, 2.05) is 18.2 Å². The van der Waals surface area contributed by atoms with Crippen LogP contribution in [0.1, 0.15) is 6.42 Å². The molecule has 94 valence electrons. The monoisotopic (exact) mass is 236 g/mol. The third kappa shape index (κ3) is 3.35. The van der Waals surface area contributed by atoms with E-state index >= 15 is 0 Å². The standard InChI is InChI=1S/C13H20N2O2/c14-6-10-16-11-8-15-7-3-9-17-13-5-2-1-4-12(13)15/h1-2,4-5H,3,6-11,14H2. The summed E-state index contributed by atoms with van der Waals surface area (Å²) in [5.74, 6) is 0.976. The summed E-state index contributed by atoms with van der Waals surface area (Å²) in [6.45, 7) is 4.62. The molecule has 0 spiro atoms. The Morgan fingerprint density at radius 1 is 1.29 bits per heavy atom. The second kappa shape index (κ2) is 6.47. The predicted molar refractivity (Wildman–Crippen MR) is 68.6 cm³/mol. The highest BCUT2D eigenvalue weighted by molar-refractivity contribution is 5.58. The Morgan fingerprint density at radius 3 is 3.06 bits per heavy atom. The van der Waals surface area contributed by atoms with Gasteiger partial charge >= 0.3 is 0 Å². The maximum Gasteiger partial charge on any atom is 0.142 e.